The lowest BCUT2D eigenvalue weighted by molar-refractivity contribution is 0.668. The Morgan fingerprint density at radius 1 is 0.458 bits per heavy atom. The molecule has 0 saturated carbocycles. The molecule has 3 nitrogen and oxygen atoms in total. The highest BCUT2D eigenvalue weighted by Gasteiger charge is 2.19. The average Bonchev–Trinajstić information content (AvgIpc) is 3.72. The normalized spacial score (nSPS) is 11.8. The first-order valence-corrected chi connectivity index (χ1v) is 16.9. The molecule has 4 heteroatoms. The van der Waals surface area contributed by atoms with Crippen LogP contribution in [0.3, 0.4) is 0 Å². The minimum atomic E-state index is 0.679. The van der Waals surface area contributed by atoms with Crippen LogP contribution in [0.1, 0.15) is 0 Å². The number of nitrogens with zero attached hydrogens (tertiary/aromatic N) is 2. The summed E-state index contributed by atoms with van der Waals surface area (Å²) < 4.78 is 9.23. The van der Waals surface area contributed by atoms with Gasteiger partial charge in [-0.25, -0.2) is 9.97 Å². The summed E-state index contributed by atoms with van der Waals surface area (Å²) in [6.07, 6.45) is 0. The topological polar surface area (TPSA) is 38.9 Å². The Morgan fingerprint density at radius 3 is 1.96 bits per heavy atom. The predicted molar refractivity (Wildman–Crippen MR) is 201 cm³/mol. The lowest BCUT2D eigenvalue weighted by Crippen LogP contribution is -1.94. The minimum absolute atomic E-state index is 0.679. The fraction of sp³-hybridized carbons (Fsp3) is 0. The van der Waals surface area contributed by atoms with Crippen LogP contribution < -0.4 is 0 Å². The fourth-order valence-corrected chi connectivity index (χ4v) is 8.17. The Morgan fingerprint density at radius 2 is 1.10 bits per heavy atom. The second-order valence-electron chi connectivity index (χ2n) is 12.2. The second-order valence-corrected chi connectivity index (χ2v) is 13.2. The average molecular weight is 631 g/mol. The van der Waals surface area contributed by atoms with Gasteiger partial charge in [0.1, 0.15) is 16.8 Å². The van der Waals surface area contributed by atoms with E-state index in [9.17, 15) is 0 Å². The fourth-order valence-electron chi connectivity index (χ4n) is 6.93. The molecule has 0 spiro atoms. The highest BCUT2D eigenvalue weighted by atomic mass is 32.1. The van der Waals surface area contributed by atoms with Crippen molar-refractivity contribution in [2.45, 2.75) is 0 Å². The first-order chi connectivity index (χ1) is 23.8. The van der Waals surface area contributed by atoms with Gasteiger partial charge < -0.3 is 4.42 Å². The van der Waals surface area contributed by atoms with Gasteiger partial charge in [0.2, 0.25) is 0 Å². The molecule has 0 amide bonds. The van der Waals surface area contributed by atoms with Gasteiger partial charge in [-0.05, 0) is 63.4 Å². The number of aromatic nitrogens is 2. The van der Waals surface area contributed by atoms with Crippen LogP contribution >= 0.6 is 11.3 Å². The number of hydrogen-bond acceptors (Lipinski definition) is 4. The molecule has 3 aromatic heterocycles. The van der Waals surface area contributed by atoms with Crippen LogP contribution in [-0.4, -0.2) is 9.97 Å². The monoisotopic (exact) mass is 630 g/mol. The van der Waals surface area contributed by atoms with E-state index in [1.54, 1.807) is 0 Å². The molecule has 0 atom stereocenters. The van der Waals surface area contributed by atoms with Gasteiger partial charge in [-0.1, -0.05) is 127 Å². The summed E-state index contributed by atoms with van der Waals surface area (Å²) in [5, 5.41) is 5.90. The van der Waals surface area contributed by atoms with Crippen LogP contribution in [-0.2, 0) is 0 Å². The number of hydrogen-bond donors (Lipinski definition) is 0. The first-order valence-electron chi connectivity index (χ1n) is 16.1. The van der Waals surface area contributed by atoms with Crippen molar-refractivity contribution in [3.63, 3.8) is 0 Å². The summed E-state index contributed by atoms with van der Waals surface area (Å²) in [5.41, 5.74) is 9.79. The van der Waals surface area contributed by atoms with E-state index >= 15 is 0 Å². The highest BCUT2D eigenvalue weighted by Crippen LogP contribution is 2.41. The molecule has 0 fully saturated rings. The molecule has 10 aromatic rings. The molecule has 0 radical (unpaired) electrons. The van der Waals surface area contributed by atoms with E-state index in [0.29, 0.717) is 11.4 Å². The van der Waals surface area contributed by atoms with E-state index < -0.39 is 0 Å². The van der Waals surface area contributed by atoms with Crippen LogP contribution in [0, 0.1) is 0 Å². The lowest BCUT2D eigenvalue weighted by atomic mass is 9.96. The van der Waals surface area contributed by atoms with Gasteiger partial charge in [0, 0.05) is 36.7 Å². The smallest absolute Gasteiger partial charge is 0.180 e. The van der Waals surface area contributed by atoms with Crippen molar-refractivity contribution in [3.8, 4) is 44.9 Å². The second kappa shape index (κ2) is 10.7. The van der Waals surface area contributed by atoms with Crippen molar-refractivity contribution in [1.82, 2.24) is 9.97 Å². The van der Waals surface area contributed by atoms with Crippen molar-refractivity contribution in [2.75, 3.05) is 0 Å². The zero-order valence-electron chi connectivity index (χ0n) is 25.7. The molecule has 0 aliphatic rings. The number of fused-ring (bicyclic) bond motifs is 7. The van der Waals surface area contributed by atoms with Crippen molar-refractivity contribution >= 4 is 64.4 Å². The van der Waals surface area contributed by atoms with E-state index in [1.165, 1.54) is 31.3 Å². The molecule has 7 aromatic carbocycles. The maximum atomic E-state index is 6.60. The molecule has 0 saturated heterocycles. The maximum Gasteiger partial charge on any atom is 0.180 e. The Balaban J connectivity index is 1.14. The Labute approximate surface area is 280 Å². The molecule has 0 unspecified atom stereocenters. The Hall–Kier alpha value is -6.10. The lowest BCUT2D eigenvalue weighted by Gasteiger charge is -2.10. The SMILES string of the molecule is c1ccc(-c2nc(-c3cccc(-c4cccc(-c5cccc6c5sc5ccccc56)c4)c3)c3oc4cc5ccccc5cc4c3n2)cc1. The molecule has 3 heterocycles. The van der Waals surface area contributed by atoms with Crippen molar-refractivity contribution in [3.05, 3.63) is 158 Å². The minimum Gasteiger partial charge on any atom is -0.452 e. The van der Waals surface area contributed by atoms with Crippen LogP contribution in [0.2, 0.25) is 0 Å². The molecule has 224 valence electrons. The van der Waals surface area contributed by atoms with Gasteiger partial charge in [-0.3, -0.25) is 0 Å². The summed E-state index contributed by atoms with van der Waals surface area (Å²) >= 11 is 1.86. The maximum absolute atomic E-state index is 6.60. The zero-order chi connectivity index (χ0) is 31.6. The summed E-state index contributed by atoms with van der Waals surface area (Å²) in [5.74, 6) is 0.679. The highest BCUT2D eigenvalue weighted by molar-refractivity contribution is 7.26. The van der Waals surface area contributed by atoms with E-state index in [-0.39, 0.29) is 0 Å². The predicted octanol–water partition coefficient (Wildman–Crippen LogP) is 12.6. The Kier molecular flexibility index (Phi) is 6.05. The number of furan rings is 1. The quantitative estimate of drug-likeness (QED) is 0.194. The zero-order valence-corrected chi connectivity index (χ0v) is 26.5. The molecule has 0 aliphatic heterocycles. The van der Waals surface area contributed by atoms with E-state index in [2.05, 4.69) is 140 Å². The molecule has 10 rings (SSSR count). The van der Waals surface area contributed by atoms with Gasteiger partial charge in [0.25, 0.3) is 0 Å². The van der Waals surface area contributed by atoms with E-state index in [0.717, 1.165) is 55.2 Å². The molecule has 0 aliphatic carbocycles. The first kappa shape index (κ1) is 27.1. The number of benzene rings is 7. The van der Waals surface area contributed by atoms with Gasteiger partial charge in [-0.15, -0.1) is 11.3 Å². The molecular weight excluding hydrogens is 605 g/mol. The van der Waals surface area contributed by atoms with Gasteiger partial charge in [0.15, 0.2) is 11.4 Å². The third-order valence-electron chi connectivity index (χ3n) is 9.26. The Bertz CT molecular complexity index is 2850. The third-order valence-corrected chi connectivity index (χ3v) is 10.5. The van der Waals surface area contributed by atoms with Crippen molar-refractivity contribution in [2.24, 2.45) is 0 Å². The summed E-state index contributed by atoms with van der Waals surface area (Å²) in [6.45, 7) is 0. The van der Waals surface area contributed by atoms with Crippen molar-refractivity contribution in [1.29, 1.82) is 0 Å². The van der Waals surface area contributed by atoms with E-state index in [4.69, 9.17) is 14.4 Å². The molecule has 0 N–H and O–H groups in total. The van der Waals surface area contributed by atoms with Crippen LogP contribution in [0.5, 0.6) is 0 Å². The van der Waals surface area contributed by atoms with Crippen molar-refractivity contribution < 1.29 is 4.42 Å². The van der Waals surface area contributed by atoms with Crippen LogP contribution in [0.4, 0.5) is 0 Å². The largest absolute Gasteiger partial charge is 0.452 e. The molecule has 0 bridgehead atoms. The third kappa shape index (κ3) is 4.34. The van der Waals surface area contributed by atoms with Gasteiger partial charge in [0.05, 0.1) is 0 Å². The number of rotatable bonds is 4. The summed E-state index contributed by atoms with van der Waals surface area (Å²) in [7, 11) is 0. The van der Waals surface area contributed by atoms with Crippen LogP contribution in [0.25, 0.3) is 97.9 Å². The molecular formula is C44H26N2OS. The summed E-state index contributed by atoms with van der Waals surface area (Å²) in [4.78, 5) is 10.2. The molecule has 48 heavy (non-hydrogen) atoms. The van der Waals surface area contributed by atoms with Gasteiger partial charge in [-0.2, -0.15) is 0 Å². The van der Waals surface area contributed by atoms with Gasteiger partial charge >= 0.3 is 0 Å². The standard InChI is InChI=1S/C44H26N2OS/c1-2-11-27(12-3-1)44-45-40(42-41(46-44)37-25-30-13-4-5-14-31(30)26-38(37)47-42)33-18-9-16-29(24-33)28-15-8-17-32(23-28)34-20-10-21-36-35-19-6-7-22-39(35)48-43(34)36/h1-26H. The number of thiophene rings is 1. The van der Waals surface area contributed by atoms with Crippen LogP contribution in [0.15, 0.2) is 162 Å². The van der Waals surface area contributed by atoms with E-state index in [1.807, 2.05) is 29.5 Å². The summed E-state index contributed by atoms with van der Waals surface area (Å²) in [6, 6.07) is 55.6.